The average Bonchev–Trinajstić information content (AvgIpc) is 2.28. The number of methoxy groups -OCH3 is 2. The fourth-order valence-corrected chi connectivity index (χ4v) is 2.74. The van der Waals surface area contributed by atoms with Gasteiger partial charge in [-0.3, -0.25) is 0 Å². The van der Waals surface area contributed by atoms with E-state index < -0.39 is 9.05 Å². The van der Waals surface area contributed by atoms with Gasteiger partial charge in [0.1, 0.15) is 11.5 Å². The van der Waals surface area contributed by atoms with Crippen LogP contribution in [-0.4, -0.2) is 22.6 Å². The minimum Gasteiger partial charge on any atom is -0.496 e. The van der Waals surface area contributed by atoms with Crippen LogP contribution in [0.4, 0.5) is 0 Å². The van der Waals surface area contributed by atoms with E-state index in [1.54, 1.807) is 19.2 Å². The molecule has 0 aliphatic heterocycles. The fourth-order valence-electron chi connectivity index (χ4n) is 1.79. The molecule has 0 spiro atoms. The quantitative estimate of drug-likeness (QED) is 0.757. The largest absolute Gasteiger partial charge is 0.496 e. The van der Waals surface area contributed by atoms with Crippen molar-refractivity contribution < 1.29 is 17.9 Å². The molecule has 0 aromatic heterocycles. The first-order valence-electron chi connectivity index (χ1n) is 5.57. The Morgan fingerprint density at radius 1 is 1.11 bits per heavy atom. The van der Waals surface area contributed by atoms with Crippen LogP contribution >= 0.6 is 10.7 Å². The second kappa shape index (κ2) is 6.29. The van der Waals surface area contributed by atoms with Gasteiger partial charge in [0, 0.05) is 16.2 Å². The van der Waals surface area contributed by atoms with Crippen LogP contribution in [0.25, 0.3) is 0 Å². The Hall–Kier alpha value is -0.940. The third-order valence-corrected chi connectivity index (χ3v) is 3.51. The molecule has 0 saturated carbocycles. The second-order valence-electron chi connectivity index (χ2n) is 3.91. The molecule has 0 N–H and O–H groups in total. The highest BCUT2D eigenvalue weighted by molar-refractivity contribution is 8.13. The van der Waals surface area contributed by atoms with Crippen LogP contribution in [0.3, 0.4) is 0 Å². The van der Waals surface area contributed by atoms with Gasteiger partial charge >= 0.3 is 0 Å². The van der Waals surface area contributed by atoms with Crippen molar-refractivity contribution >= 4 is 19.7 Å². The lowest BCUT2D eigenvalue weighted by atomic mass is 10.1. The summed E-state index contributed by atoms with van der Waals surface area (Å²) in [5.74, 6) is 0.900. The molecule has 18 heavy (non-hydrogen) atoms. The molecule has 6 heteroatoms. The average molecular weight is 293 g/mol. The molecule has 1 rings (SSSR count). The van der Waals surface area contributed by atoms with E-state index in [9.17, 15) is 8.42 Å². The molecule has 1 aromatic carbocycles. The lowest BCUT2D eigenvalue weighted by Crippen LogP contribution is -2.02. The number of ether oxygens (including phenoxy) is 2. The molecule has 102 valence electrons. The van der Waals surface area contributed by atoms with Crippen molar-refractivity contribution in [2.75, 3.05) is 14.2 Å². The lowest BCUT2D eigenvalue weighted by Gasteiger charge is -2.13. The van der Waals surface area contributed by atoms with Crippen LogP contribution in [0.15, 0.2) is 12.1 Å². The fraction of sp³-hybridized carbons (Fsp3) is 0.500. The zero-order valence-corrected chi connectivity index (χ0v) is 12.3. The Morgan fingerprint density at radius 3 is 2.06 bits per heavy atom. The molecular weight excluding hydrogens is 276 g/mol. The molecule has 0 heterocycles. The van der Waals surface area contributed by atoms with E-state index in [4.69, 9.17) is 20.2 Å². The highest BCUT2D eigenvalue weighted by Gasteiger charge is 2.16. The number of benzene rings is 1. The first-order chi connectivity index (χ1) is 8.41. The van der Waals surface area contributed by atoms with Gasteiger partial charge in [0.25, 0.3) is 0 Å². The minimum absolute atomic E-state index is 0.277. The molecule has 0 bridgehead atoms. The summed E-state index contributed by atoms with van der Waals surface area (Å²) >= 11 is 0. The Balaban J connectivity index is 3.25. The van der Waals surface area contributed by atoms with E-state index in [0.717, 1.165) is 18.4 Å². The molecule has 4 nitrogen and oxygen atoms in total. The van der Waals surface area contributed by atoms with Crippen molar-refractivity contribution in [1.82, 2.24) is 0 Å². The van der Waals surface area contributed by atoms with Crippen LogP contribution in [0.1, 0.15) is 24.5 Å². The van der Waals surface area contributed by atoms with Crippen LogP contribution in [0.2, 0.25) is 0 Å². The first-order valence-corrected chi connectivity index (χ1v) is 8.05. The van der Waals surface area contributed by atoms with Crippen molar-refractivity contribution in [2.45, 2.75) is 25.5 Å². The van der Waals surface area contributed by atoms with Gasteiger partial charge in [-0.2, -0.15) is 0 Å². The number of rotatable bonds is 6. The van der Waals surface area contributed by atoms with Gasteiger partial charge in [0.05, 0.1) is 20.0 Å². The Morgan fingerprint density at radius 2 is 1.61 bits per heavy atom. The summed E-state index contributed by atoms with van der Waals surface area (Å²) in [6.45, 7) is 2.06. The smallest absolute Gasteiger partial charge is 0.236 e. The van der Waals surface area contributed by atoms with E-state index >= 15 is 0 Å². The Bertz CT molecular complexity index is 511. The van der Waals surface area contributed by atoms with Crippen LogP contribution in [0, 0.1) is 0 Å². The molecule has 0 saturated heterocycles. The Labute approximate surface area is 112 Å². The summed E-state index contributed by atoms with van der Waals surface area (Å²) in [6.07, 6.45) is 1.81. The summed E-state index contributed by atoms with van der Waals surface area (Å²) in [5.41, 5.74) is 1.50. The number of hydrogen-bond acceptors (Lipinski definition) is 4. The number of halogens is 1. The van der Waals surface area contributed by atoms with Crippen molar-refractivity contribution in [2.24, 2.45) is 0 Å². The molecule has 0 amide bonds. The zero-order valence-electron chi connectivity index (χ0n) is 10.7. The summed E-state index contributed by atoms with van der Waals surface area (Å²) < 4.78 is 32.8. The number of aryl methyl sites for hydroxylation is 1. The predicted octanol–water partition coefficient (Wildman–Crippen LogP) is 2.72. The molecule has 0 atom stereocenters. The Kier molecular flexibility index (Phi) is 5.28. The monoisotopic (exact) mass is 292 g/mol. The van der Waals surface area contributed by atoms with Crippen molar-refractivity contribution in [3.8, 4) is 11.5 Å². The molecule has 0 aliphatic rings. The van der Waals surface area contributed by atoms with Gasteiger partial charge in [-0.15, -0.1) is 0 Å². The summed E-state index contributed by atoms with van der Waals surface area (Å²) in [4.78, 5) is 0. The van der Waals surface area contributed by atoms with Crippen molar-refractivity contribution in [1.29, 1.82) is 0 Å². The van der Waals surface area contributed by atoms with Gasteiger partial charge in [-0.1, -0.05) is 13.3 Å². The third kappa shape index (κ3) is 4.07. The SMILES string of the molecule is CCCc1cc(OC)c(CS(=O)(=O)Cl)cc1OC. The standard InChI is InChI=1S/C12H17ClO4S/c1-4-5-9-6-12(17-3)10(7-11(9)16-2)8-18(13,14)15/h6-7H,4-5,8H2,1-3H3. The minimum atomic E-state index is -3.62. The van der Waals surface area contributed by atoms with E-state index in [1.807, 2.05) is 0 Å². The summed E-state index contributed by atoms with van der Waals surface area (Å²) in [5, 5.41) is 0. The van der Waals surface area contributed by atoms with Gasteiger partial charge in [0.15, 0.2) is 0 Å². The van der Waals surface area contributed by atoms with Crippen LogP contribution in [-0.2, 0) is 21.2 Å². The molecular formula is C12H17ClO4S. The van der Waals surface area contributed by atoms with Crippen LogP contribution in [0.5, 0.6) is 11.5 Å². The van der Waals surface area contributed by atoms with Gasteiger partial charge < -0.3 is 9.47 Å². The van der Waals surface area contributed by atoms with E-state index in [1.165, 1.54) is 7.11 Å². The number of hydrogen-bond donors (Lipinski definition) is 0. The molecule has 0 unspecified atom stereocenters. The maximum absolute atomic E-state index is 11.1. The first kappa shape index (κ1) is 15.1. The summed E-state index contributed by atoms with van der Waals surface area (Å²) in [7, 11) is 4.70. The van der Waals surface area contributed by atoms with E-state index in [2.05, 4.69) is 6.92 Å². The molecule has 0 radical (unpaired) electrons. The van der Waals surface area contributed by atoms with E-state index in [0.29, 0.717) is 17.1 Å². The normalized spacial score (nSPS) is 11.3. The highest BCUT2D eigenvalue weighted by Crippen LogP contribution is 2.31. The topological polar surface area (TPSA) is 52.6 Å². The summed E-state index contributed by atoms with van der Waals surface area (Å²) in [6, 6.07) is 3.48. The highest BCUT2D eigenvalue weighted by atomic mass is 35.7. The lowest BCUT2D eigenvalue weighted by molar-refractivity contribution is 0.395. The maximum atomic E-state index is 11.1. The third-order valence-electron chi connectivity index (χ3n) is 2.53. The van der Waals surface area contributed by atoms with Gasteiger partial charge in [-0.25, -0.2) is 8.42 Å². The molecule has 0 aliphatic carbocycles. The van der Waals surface area contributed by atoms with Crippen molar-refractivity contribution in [3.05, 3.63) is 23.3 Å². The van der Waals surface area contributed by atoms with E-state index in [-0.39, 0.29) is 5.75 Å². The molecule has 0 fully saturated rings. The zero-order chi connectivity index (χ0) is 13.8. The van der Waals surface area contributed by atoms with Crippen molar-refractivity contribution in [3.63, 3.8) is 0 Å². The second-order valence-corrected chi connectivity index (χ2v) is 6.69. The maximum Gasteiger partial charge on any atom is 0.236 e. The van der Waals surface area contributed by atoms with Gasteiger partial charge in [0.2, 0.25) is 9.05 Å². The van der Waals surface area contributed by atoms with Crippen LogP contribution < -0.4 is 9.47 Å². The predicted molar refractivity (Wildman–Crippen MR) is 72.0 cm³/mol. The van der Waals surface area contributed by atoms with Gasteiger partial charge in [-0.05, 0) is 24.1 Å². The molecule has 1 aromatic rings.